The van der Waals surface area contributed by atoms with Crippen molar-refractivity contribution in [3.63, 3.8) is 0 Å². The molecular weight excluding hydrogens is 352 g/mol. The third kappa shape index (κ3) is 2.99. The van der Waals surface area contributed by atoms with Gasteiger partial charge in [0.05, 0.1) is 18.1 Å². The fraction of sp³-hybridized carbons (Fsp3) is 0.474. The summed E-state index contributed by atoms with van der Waals surface area (Å²) in [7, 11) is -3.60. The number of nitrogens with zero attached hydrogens (tertiary/aromatic N) is 2. The summed E-state index contributed by atoms with van der Waals surface area (Å²) in [4.78, 5) is 2.52. The Balaban J connectivity index is 1.57. The molecule has 6 nitrogen and oxygen atoms in total. The summed E-state index contributed by atoms with van der Waals surface area (Å²) in [5.41, 5.74) is 0.523. The fourth-order valence-electron chi connectivity index (χ4n) is 4.24. The molecule has 2 aliphatic rings. The van der Waals surface area contributed by atoms with Gasteiger partial charge in [0.15, 0.2) is 0 Å². The zero-order chi connectivity index (χ0) is 18.2. The van der Waals surface area contributed by atoms with E-state index in [2.05, 4.69) is 4.90 Å². The molecule has 140 valence electrons. The minimum atomic E-state index is -3.60. The molecule has 0 bridgehead atoms. The first-order valence-corrected chi connectivity index (χ1v) is 10.4. The van der Waals surface area contributed by atoms with E-state index in [0.29, 0.717) is 19.1 Å². The summed E-state index contributed by atoms with van der Waals surface area (Å²) in [5, 5.41) is 9.92. The van der Waals surface area contributed by atoms with Gasteiger partial charge in [-0.15, -0.1) is 0 Å². The summed E-state index contributed by atoms with van der Waals surface area (Å²) in [6, 6.07) is 12.1. The zero-order valence-electron chi connectivity index (χ0n) is 14.6. The fourth-order valence-corrected chi connectivity index (χ4v) is 5.63. The number of hydrogen-bond acceptors (Lipinski definition) is 5. The Morgan fingerprint density at radius 1 is 1.19 bits per heavy atom. The van der Waals surface area contributed by atoms with Crippen LogP contribution in [0.4, 0.5) is 0 Å². The maximum atomic E-state index is 12.9. The Kier molecular flexibility index (Phi) is 4.64. The van der Waals surface area contributed by atoms with Gasteiger partial charge < -0.3 is 9.84 Å². The highest BCUT2D eigenvalue weighted by Crippen LogP contribution is 2.41. The number of likely N-dealkylation sites (tertiary alicyclic amines) is 1. The minimum absolute atomic E-state index is 0.109. The van der Waals surface area contributed by atoms with Crippen LogP contribution in [0.2, 0.25) is 0 Å². The average molecular weight is 376 g/mol. The molecule has 26 heavy (non-hydrogen) atoms. The molecular formula is C19H24N2O4S. The van der Waals surface area contributed by atoms with Gasteiger partial charge in [0, 0.05) is 43.5 Å². The van der Waals surface area contributed by atoms with Gasteiger partial charge in [0.1, 0.15) is 0 Å². The van der Waals surface area contributed by atoms with Gasteiger partial charge in [0.2, 0.25) is 0 Å². The second-order valence-corrected chi connectivity index (χ2v) is 9.16. The van der Waals surface area contributed by atoms with Gasteiger partial charge in [-0.1, -0.05) is 18.2 Å². The first-order chi connectivity index (χ1) is 12.5. The average Bonchev–Trinajstić information content (AvgIpc) is 3.27. The maximum absolute atomic E-state index is 12.9. The normalized spacial score (nSPS) is 26.7. The zero-order valence-corrected chi connectivity index (χ0v) is 15.4. The van der Waals surface area contributed by atoms with Crippen molar-refractivity contribution >= 4 is 10.0 Å². The van der Waals surface area contributed by atoms with Crippen LogP contribution in [0.15, 0.2) is 53.6 Å². The molecule has 1 aromatic carbocycles. The molecule has 1 aromatic heterocycles. The second-order valence-electron chi connectivity index (χ2n) is 7.34. The number of ether oxygens (including phenoxy) is 1. The third-order valence-electron chi connectivity index (χ3n) is 5.68. The molecule has 0 unspecified atom stereocenters. The van der Waals surface area contributed by atoms with Crippen LogP contribution in [0.5, 0.6) is 0 Å². The van der Waals surface area contributed by atoms with E-state index in [4.69, 9.17) is 4.74 Å². The van der Waals surface area contributed by atoms with E-state index in [1.54, 1.807) is 42.6 Å². The van der Waals surface area contributed by atoms with Gasteiger partial charge in [-0.05, 0) is 36.6 Å². The van der Waals surface area contributed by atoms with Crippen molar-refractivity contribution in [2.24, 2.45) is 11.3 Å². The molecule has 1 N–H and O–H groups in total. The minimum Gasteiger partial charge on any atom is -0.396 e. The van der Waals surface area contributed by atoms with Crippen LogP contribution in [0.1, 0.15) is 12.1 Å². The summed E-state index contributed by atoms with van der Waals surface area (Å²) in [6.45, 7) is 3.55. The van der Waals surface area contributed by atoms with Crippen molar-refractivity contribution in [3.8, 4) is 0 Å². The molecule has 3 heterocycles. The van der Waals surface area contributed by atoms with Crippen molar-refractivity contribution in [1.82, 2.24) is 8.87 Å². The summed E-state index contributed by atoms with van der Waals surface area (Å²) >= 11 is 0. The molecule has 0 amide bonds. The van der Waals surface area contributed by atoms with Crippen LogP contribution in [0.25, 0.3) is 0 Å². The van der Waals surface area contributed by atoms with E-state index in [-0.39, 0.29) is 16.9 Å². The standard InChI is InChI=1S/C19H24N2O4S/c22-14-19-13-20(11-16(19)8-10-25-15-19)12-17-5-4-9-21(17)26(23,24)18-6-2-1-3-7-18/h1-7,9,16,22H,8,10-15H2/t16-,19+/m0/s1. The molecule has 2 atom stereocenters. The number of rotatable bonds is 5. The number of benzene rings is 1. The van der Waals surface area contributed by atoms with Crippen molar-refractivity contribution in [1.29, 1.82) is 0 Å². The van der Waals surface area contributed by atoms with E-state index in [1.165, 1.54) is 3.97 Å². The van der Waals surface area contributed by atoms with Gasteiger partial charge >= 0.3 is 0 Å². The topological polar surface area (TPSA) is 71.8 Å². The second kappa shape index (κ2) is 6.81. The number of aromatic nitrogens is 1. The van der Waals surface area contributed by atoms with E-state index in [1.807, 2.05) is 6.07 Å². The van der Waals surface area contributed by atoms with Crippen LogP contribution in [0, 0.1) is 11.3 Å². The Bertz CT molecular complexity index is 865. The number of fused-ring (bicyclic) bond motifs is 1. The SMILES string of the molecule is O=S(=O)(c1ccccc1)n1cccc1CN1C[C@@H]2CCOC[C@]2(CO)C1. The van der Waals surface area contributed by atoms with Gasteiger partial charge in [-0.3, -0.25) is 4.90 Å². The van der Waals surface area contributed by atoms with Gasteiger partial charge in [-0.25, -0.2) is 12.4 Å². The van der Waals surface area contributed by atoms with Gasteiger partial charge in [0.25, 0.3) is 10.0 Å². The third-order valence-corrected chi connectivity index (χ3v) is 7.42. The quantitative estimate of drug-likeness (QED) is 0.857. The van der Waals surface area contributed by atoms with Gasteiger partial charge in [-0.2, -0.15) is 0 Å². The highest BCUT2D eigenvalue weighted by Gasteiger charge is 2.48. The molecule has 2 aliphatic heterocycles. The molecule has 2 fully saturated rings. The molecule has 0 radical (unpaired) electrons. The lowest BCUT2D eigenvalue weighted by molar-refractivity contribution is -0.0561. The lowest BCUT2D eigenvalue weighted by atomic mass is 9.76. The van der Waals surface area contributed by atoms with Crippen LogP contribution in [0.3, 0.4) is 0 Å². The summed E-state index contributed by atoms with van der Waals surface area (Å²) in [5.74, 6) is 0.399. The highest BCUT2D eigenvalue weighted by molar-refractivity contribution is 7.90. The maximum Gasteiger partial charge on any atom is 0.267 e. The number of hydrogen-bond donors (Lipinski definition) is 1. The molecule has 4 rings (SSSR count). The van der Waals surface area contributed by atoms with E-state index < -0.39 is 10.0 Å². The lowest BCUT2D eigenvalue weighted by Gasteiger charge is -2.36. The summed E-state index contributed by atoms with van der Waals surface area (Å²) in [6.07, 6.45) is 2.55. The Labute approximate surface area is 154 Å². The first-order valence-electron chi connectivity index (χ1n) is 8.93. The molecule has 2 aromatic rings. The van der Waals surface area contributed by atoms with Crippen LogP contribution < -0.4 is 0 Å². The van der Waals surface area contributed by atoms with E-state index in [0.717, 1.165) is 31.8 Å². The van der Waals surface area contributed by atoms with Crippen LogP contribution in [-0.4, -0.2) is 55.3 Å². The van der Waals surface area contributed by atoms with Crippen molar-refractivity contribution in [3.05, 3.63) is 54.4 Å². The van der Waals surface area contributed by atoms with E-state index >= 15 is 0 Å². The van der Waals surface area contributed by atoms with Crippen LogP contribution >= 0.6 is 0 Å². The monoisotopic (exact) mass is 376 g/mol. The molecule has 0 saturated carbocycles. The Hall–Kier alpha value is -1.67. The molecule has 0 aliphatic carbocycles. The largest absolute Gasteiger partial charge is 0.396 e. The molecule has 2 saturated heterocycles. The first kappa shape index (κ1) is 17.7. The summed E-state index contributed by atoms with van der Waals surface area (Å²) < 4.78 is 32.9. The smallest absolute Gasteiger partial charge is 0.267 e. The van der Waals surface area contributed by atoms with Crippen molar-refractivity contribution in [2.75, 3.05) is 32.9 Å². The molecule has 7 heteroatoms. The number of aliphatic hydroxyl groups is 1. The Morgan fingerprint density at radius 2 is 2.00 bits per heavy atom. The predicted molar refractivity (Wildman–Crippen MR) is 97.2 cm³/mol. The van der Waals surface area contributed by atoms with Crippen molar-refractivity contribution in [2.45, 2.75) is 17.9 Å². The predicted octanol–water partition coefficient (Wildman–Crippen LogP) is 1.56. The highest BCUT2D eigenvalue weighted by atomic mass is 32.2. The lowest BCUT2D eigenvalue weighted by Crippen LogP contribution is -2.42. The Morgan fingerprint density at radius 3 is 2.73 bits per heavy atom. The van der Waals surface area contributed by atoms with Crippen molar-refractivity contribution < 1.29 is 18.3 Å². The van der Waals surface area contributed by atoms with Crippen LogP contribution in [-0.2, 0) is 21.3 Å². The van der Waals surface area contributed by atoms with E-state index in [9.17, 15) is 13.5 Å². The molecule has 0 spiro atoms. The number of aliphatic hydroxyl groups excluding tert-OH is 1.